The van der Waals surface area contributed by atoms with Crippen molar-refractivity contribution in [3.63, 3.8) is 0 Å². The lowest BCUT2D eigenvalue weighted by Gasteiger charge is -2.53. The molecule has 3 aromatic carbocycles. The second kappa shape index (κ2) is 16.4. The Morgan fingerprint density at radius 2 is 1.65 bits per heavy atom. The molecule has 7 rings (SSSR count). The SMILES string of the molecule is CC[C@@H](NC[C@H](O)c1ccc(O)c(CO)c1)c1ccc(OCCC[N+]23CCC(CC2)[C@@H](OC[C@@](O)(c2ccccc2)C2CCCC2)C3)cc1. The summed E-state index contributed by atoms with van der Waals surface area (Å²) in [7, 11) is 0. The number of nitrogens with one attached hydrogen (secondary N) is 1. The Labute approximate surface area is 292 Å². The van der Waals surface area contributed by atoms with Crippen LogP contribution in [0.2, 0.25) is 0 Å². The third-order valence-corrected chi connectivity index (χ3v) is 11.8. The van der Waals surface area contributed by atoms with Crippen LogP contribution in [-0.4, -0.2) is 77.0 Å². The average molecular weight is 674 g/mol. The molecule has 4 aliphatic rings. The number of hydrogen-bond acceptors (Lipinski definition) is 7. The van der Waals surface area contributed by atoms with Gasteiger partial charge in [0, 0.05) is 43.3 Å². The summed E-state index contributed by atoms with van der Waals surface area (Å²) in [6, 6.07) is 23.4. The van der Waals surface area contributed by atoms with Gasteiger partial charge in [-0.25, -0.2) is 0 Å². The first-order chi connectivity index (χ1) is 23.8. The summed E-state index contributed by atoms with van der Waals surface area (Å²) in [5.74, 6) is 1.75. The van der Waals surface area contributed by atoms with Crippen molar-refractivity contribution in [1.82, 2.24) is 5.32 Å². The van der Waals surface area contributed by atoms with E-state index >= 15 is 0 Å². The first-order valence-electron chi connectivity index (χ1n) is 18.6. The first-order valence-corrected chi connectivity index (χ1v) is 18.6. The van der Waals surface area contributed by atoms with Crippen LogP contribution in [0.5, 0.6) is 11.5 Å². The number of aromatic hydroxyl groups is 1. The predicted octanol–water partition coefficient (Wildman–Crippen LogP) is 6.13. The number of aliphatic hydroxyl groups excluding tert-OH is 2. The Bertz CT molecular complexity index is 1450. The number of rotatable bonds is 17. The van der Waals surface area contributed by atoms with Crippen molar-refractivity contribution in [1.29, 1.82) is 0 Å². The average Bonchev–Trinajstić information content (AvgIpc) is 3.70. The number of benzene rings is 3. The van der Waals surface area contributed by atoms with Crippen molar-refractivity contribution >= 4 is 0 Å². The molecule has 0 spiro atoms. The molecule has 3 saturated heterocycles. The van der Waals surface area contributed by atoms with Crippen LogP contribution in [0.1, 0.15) is 92.7 Å². The lowest BCUT2D eigenvalue weighted by atomic mass is 9.80. The molecule has 8 heteroatoms. The molecular weight excluding hydrogens is 616 g/mol. The highest BCUT2D eigenvalue weighted by atomic mass is 16.5. The molecule has 0 aromatic heterocycles. The van der Waals surface area contributed by atoms with Gasteiger partial charge < -0.3 is 39.7 Å². The Balaban J connectivity index is 0.964. The molecule has 0 radical (unpaired) electrons. The van der Waals surface area contributed by atoms with Crippen molar-refractivity contribution in [2.45, 2.75) is 88.7 Å². The number of fused-ring (bicyclic) bond motifs is 3. The monoisotopic (exact) mass is 673 g/mol. The molecule has 1 aliphatic carbocycles. The fourth-order valence-electron chi connectivity index (χ4n) is 8.72. The van der Waals surface area contributed by atoms with Gasteiger partial charge in [0.25, 0.3) is 0 Å². The lowest BCUT2D eigenvalue weighted by Crippen LogP contribution is -2.65. The molecule has 3 aromatic rings. The van der Waals surface area contributed by atoms with Gasteiger partial charge in [0.15, 0.2) is 0 Å². The molecule has 266 valence electrons. The van der Waals surface area contributed by atoms with E-state index in [0.29, 0.717) is 36.8 Å². The van der Waals surface area contributed by atoms with Crippen LogP contribution in [-0.2, 0) is 16.9 Å². The van der Waals surface area contributed by atoms with Gasteiger partial charge in [0.2, 0.25) is 0 Å². The van der Waals surface area contributed by atoms with Gasteiger partial charge in [0.1, 0.15) is 29.7 Å². The predicted molar refractivity (Wildman–Crippen MR) is 191 cm³/mol. The Kier molecular flexibility index (Phi) is 12.0. The van der Waals surface area contributed by atoms with Gasteiger partial charge in [-0.15, -0.1) is 0 Å². The number of hydrogen-bond donors (Lipinski definition) is 5. The maximum atomic E-state index is 12.0. The standard InChI is InChI=1S/C41H56N2O6/c1-2-37(42-26-39(46)32-15-18-38(45)33(25-32)28-44)30-13-16-36(17-14-30)48-24-8-21-43-22-19-31(20-23-43)40(27-43)49-29-41(47,35-11-6-7-12-35)34-9-4-3-5-10-34/h3-5,9-10,13-18,25,31,35,37,39-40,42,44,46-47H,2,6-8,11-12,19-24,26-29H2,1H3/p+1/t31?,37-,39+,40+,41-,43?/m1/s1. The van der Waals surface area contributed by atoms with Crippen LogP contribution >= 0.6 is 0 Å². The van der Waals surface area contributed by atoms with E-state index in [2.05, 4.69) is 36.5 Å². The highest BCUT2D eigenvalue weighted by molar-refractivity contribution is 5.36. The van der Waals surface area contributed by atoms with Crippen LogP contribution in [0.3, 0.4) is 0 Å². The van der Waals surface area contributed by atoms with Gasteiger partial charge in [-0.3, -0.25) is 0 Å². The fraction of sp³-hybridized carbons (Fsp3) is 0.561. The normalized spacial score (nSPS) is 24.8. The van der Waals surface area contributed by atoms with Crippen LogP contribution in [0.15, 0.2) is 72.8 Å². The summed E-state index contributed by atoms with van der Waals surface area (Å²) >= 11 is 0. The van der Waals surface area contributed by atoms with Gasteiger partial charge in [0.05, 0.1) is 45.6 Å². The number of ether oxygens (including phenoxy) is 2. The minimum Gasteiger partial charge on any atom is -0.508 e. The highest BCUT2D eigenvalue weighted by Gasteiger charge is 2.48. The van der Waals surface area contributed by atoms with E-state index in [4.69, 9.17) is 9.47 Å². The third kappa shape index (κ3) is 8.50. The molecule has 3 heterocycles. The smallest absolute Gasteiger partial charge is 0.121 e. The molecule has 4 atom stereocenters. The summed E-state index contributed by atoms with van der Waals surface area (Å²) in [5.41, 5.74) is 2.29. The molecule has 3 aliphatic heterocycles. The molecule has 1 saturated carbocycles. The van der Waals surface area contributed by atoms with Crippen LogP contribution in [0.4, 0.5) is 0 Å². The Hall–Kier alpha value is -2.98. The van der Waals surface area contributed by atoms with Crippen molar-refractivity contribution in [2.75, 3.05) is 45.9 Å². The topological polar surface area (TPSA) is 111 Å². The van der Waals surface area contributed by atoms with E-state index in [0.717, 1.165) is 60.1 Å². The Morgan fingerprint density at radius 1 is 0.939 bits per heavy atom. The number of piperidine rings is 3. The third-order valence-electron chi connectivity index (χ3n) is 11.8. The zero-order valence-electron chi connectivity index (χ0n) is 29.2. The number of nitrogens with zero attached hydrogens (tertiary/aromatic N) is 1. The Morgan fingerprint density at radius 3 is 2.35 bits per heavy atom. The maximum absolute atomic E-state index is 12.0. The molecule has 2 bridgehead atoms. The van der Waals surface area contributed by atoms with Crippen LogP contribution in [0, 0.1) is 11.8 Å². The maximum Gasteiger partial charge on any atom is 0.121 e. The molecular formula is C41H57N2O6+. The fourth-order valence-corrected chi connectivity index (χ4v) is 8.72. The van der Waals surface area contributed by atoms with E-state index in [1.807, 2.05) is 30.3 Å². The van der Waals surface area contributed by atoms with Crippen molar-refractivity contribution < 1.29 is 34.4 Å². The second-order valence-corrected chi connectivity index (χ2v) is 14.9. The second-order valence-electron chi connectivity index (χ2n) is 14.9. The van der Waals surface area contributed by atoms with Gasteiger partial charge in [-0.2, -0.15) is 0 Å². The molecule has 0 amide bonds. The number of aliphatic hydroxyl groups is 3. The van der Waals surface area contributed by atoms with E-state index in [1.165, 1.54) is 44.8 Å². The van der Waals surface area contributed by atoms with Crippen LogP contribution < -0.4 is 10.1 Å². The largest absolute Gasteiger partial charge is 0.508 e. The quantitative estimate of drug-likeness (QED) is 0.0866. The van der Waals surface area contributed by atoms with Gasteiger partial charge >= 0.3 is 0 Å². The molecule has 8 nitrogen and oxygen atoms in total. The lowest BCUT2D eigenvalue weighted by molar-refractivity contribution is -0.946. The highest BCUT2D eigenvalue weighted by Crippen LogP contribution is 2.43. The van der Waals surface area contributed by atoms with E-state index in [-0.39, 0.29) is 30.4 Å². The summed E-state index contributed by atoms with van der Waals surface area (Å²) in [4.78, 5) is 0. The zero-order valence-corrected chi connectivity index (χ0v) is 29.2. The van der Waals surface area contributed by atoms with E-state index in [9.17, 15) is 20.4 Å². The molecule has 4 fully saturated rings. The summed E-state index contributed by atoms with van der Waals surface area (Å²) in [6.45, 7) is 7.79. The van der Waals surface area contributed by atoms with Gasteiger partial charge in [-0.1, -0.05) is 68.3 Å². The molecule has 49 heavy (non-hydrogen) atoms. The van der Waals surface area contributed by atoms with Crippen molar-refractivity contribution in [3.8, 4) is 11.5 Å². The number of quaternary nitrogens is 1. The molecule has 0 unspecified atom stereocenters. The van der Waals surface area contributed by atoms with Gasteiger partial charge in [-0.05, 0) is 66.1 Å². The molecule has 5 N–H and O–H groups in total. The zero-order chi connectivity index (χ0) is 34.3. The van der Waals surface area contributed by atoms with Crippen molar-refractivity contribution in [2.24, 2.45) is 11.8 Å². The van der Waals surface area contributed by atoms with E-state index in [1.54, 1.807) is 12.1 Å². The van der Waals surface area contributed by atoms with E-state index < -0.39 is 11.7 Å². The number of phenols is 1. The summed E-state index contributed by atoms with van der Waals surface area (Å²) in [6.07, 6.45) is 8.22. The summed E-state index contributed by atoms with van der Waals surface area (Å²) in [5, 5.41) is 45.5. The van der Waals surface area contributed by atoms with Crippen molar-refractivity contribution in [3.05, 3.63) is 95.1 Å². The first kappa shape index (κ1) is 35.8. The summed E-state index contributed by atoms with van der Waals surface area (Å²) < 4.78 is 14.0. The van der Waals surface area contributed by atoms with Crippen LogP contribution in [0.25, 0.3) is 0 Å². The minimum atomic E-state index is -0.911. The minimum absolute atomic E-state index is 0.0296.